The van der Waals surface area contributed by atoms with E-state index in [1.54, 1.807) is 72.9 Å². The second-order valence-corrected chi connectivity index (χ2v) is 12.7. The smallest absolute Gasteiger partial charge is 0.338 e. The number of hydrogen-bond donors (Lipinski definition) is 0. The highest BCUT2D eigenvalue weighted by Crippen LogP contribution is 2.40. The first-order valence-corrected chi connectivity index (χ1v) is 15.7. The first-order valence-electron chi connectivity index (χ1n) is 14.3. The lowest BCUT2D eigenvalue weighted by atomic mass is 10.0. The van der Waals surface area contributed by atoms with Gasteiger partial charge in [-0.25, -0.2) is 22.0 Å². The number of hydrogen-bond acceptors (Lipinski definition) is 7. The zero-order valence-corrected chi connectivity index (χ0v) is 25.1. The van der Waals surface area contributed by atoms with E-state index in [0.717, 1.165) is 11.1 Å². The summed E-state index contributed by atoms with van der Waals surface area (Å²) in [5, 5.41) is 0.693. The van der Waals surface area contributed by atoms with Crippen LogP contribution in [0.2, 0.25) is 0 Å². The predicted octanol–water partition coefficient (Wildman–Crippen LogP) is 6.41. The SMILES string of the molecule is Cc1ccc(C(=O)OC[C@H]2O[C@@H](c3cn(S(=O)(=O)c4ccccc4)c4ccccc34)C[C@@H]2OC(=O)c2ccc(C)cc2)cc1. The van der Waals surface area contributed by atoms with Crippen molar-refractivity contribution in [3.8, 4) is 0 Å². The lowest BCUT2D eigenvalue weighted by Gasteiger charge is -2.19. The minimum Gasteiger partial charge on any atom is -0.459 e. The Kier molecular flexibility index (Phi) is 8.07. The lowest BCUT2D eigenvalue weighted by Crippen LogP contribution is -2.32. The number of fused-ring (bicyclic) bond motifs is 1. The van der Waals surface area contributed by atoms with Crippen LogP contribution < -0.4 is 0 Å². The number of aryl methyl sites for hydroxylation is 2. The molecule has 3 atom stereocenters. The zero-order chi connectivity index (χ0) is 30.8. The van der Waals surface area contributed by atoms with Gasteiger partial charge < -0.3 is 14.2 Å². The van der Waals surface area contributed by atoms with Gasteiger partial charge in [-0.3, -0.25) is 0 Å². The second kappa shape index (κ2) is 12.1. The van der Waals surface area contributed by atoms with E-state index in [4.69, 9.17) is 14.2 Å². The second-order valence-electron chi connectivity index (χ2n) is 10.9. The fourth-order valence-corrected chi connectivity index (χ4v) is 6.75. The summed E-state index contributed by atoms with van der Waals surface area (Å²) < 4.78 is 46.5. The van der Waals surface area contributed by atoms with E-state index in [-0.39, 0.29) is 17.9 Å². The summed E-state index contributed by atoms with van der Waals surface area (Å²) in [7, 11) is -3.91. The largest absolute Gasteiger partial charge is 0.459 e. The zero-order valence-electron chi connectivity index (χ0n) is 24.3. The molecular weight excluding hydrogens is 578 g/mol. The van der Waals surface area contributed by atoms with Crippen LogP contribution in [0.15, 0.2) is 114 Å². The third-order valence-corrected chi connectivity index (χ3v) is 9.46. The standard InChI is InChI=1S/C35H31NO7S/c1-23-12-16-25(17-13-23)34(37)41-22-33-32(43-35(38)26-18-14-24(2)15-19-26)20-31(42-33)29-21-36(30-11-7-6-10-28(29)30)44(39,40)27-8-4-3-5-9-27/h3-19,21,31-33H,20,22H2,1-2H3/t31-,32+,33-/m1/s1. The van der Waals surface area contributed by atoms with Crippen LogP contribution in [0.25, 0.3) is 10.9 Å². The monoisotopic (exact) mass is 609 g/mol. The minimum atomic E-state index is -3.91. The van der Waals surface area contributed by atoms with E-state index in [1.807, 2.05) is 50.2 Å². The van der Waals surface area contributed by atoms with Gasteiger partial charge in [-0.05, 0) is 56.3 Å². The summed E-state index contributed by atoms with van der Waals surface area (Å²) in [5.41, 5.74) is 3.93. The van der Waals surface area contributed by atoms with Gasteiger partial charge in [-0.2, -0.15) is 0 Å². The maximum Gasteiger partial charge on any atom is 0.338 e. The summed E-state index contributed by atoms with van der Waals surface area (Å²) in [6, 6.07) is 29.5. The van der Waals surface area contributed by atoms with E-state index in [2.05, 4.69) is 0 Å². The molecule has 0 saturated carbocycles. The number of para-hydroxylation sites is 1. The first kappa shape index (κ1) is 29.3. The summed E-state index contributed by atoms with van der Waals surface area (Å²) in [6.07, 6.45) is -0.365. The average molecular weight is 610 g/mol. The molecule has 1 fully saturated rings. The van der Waals surface area contributed by atoms with Crippen molar-refractivity contribution < 1.29 is 32.2 Å². The number of ether oxygens (including phenoxy) is 3. The van der Waals surface area contributed by atoms with E-state index < -0.39 is 40.3 Å². The normalized spacial score (nSPS) is 18.3. The fourth-order valence-electron chi connectivity index (χ4n) is 5.35. The molecule has 1 aliphatic rings. The van der Waals surface area contributed by atoms with Crippen molar-refractivity contribution in [2.45, 2.75) is 43.5 Å². The van der Waals surface area contributed by atoms with Gasteiger partial charge in [0.1, 0.15) is 18.8 Å². The molecule has 224 valence electrons. The summed E-state index contributed by atoms with van der Waals surface area (Å²) in [4.78, 5) is 26.1. The highest BCUT2D eigenvalue weighted by Gasteiger charge is 2.41. The average Bonchev–Trinajstić information content (AvgIpc) is 3.62. The van der Waals surface area contributed by atoms with Crippen molar-refractivity contribution in [1.29, 1.82) is 0 Å². The Hall–Kier alpha value is -4.73. The molecule has 1 aliphatic heterocycles. The van der Waals surface area contributed by atoms with E-state index in [0.29, 0.717) is 27.6 Å². The van der Waals surface area contributed by atoms with Gasteiger partial charge in [0.2, 0.25) is 0 Å². The third kappa shape index (κ3) is 5.89. The predicted molar refractivity (Wildman–Crippen MR) is 165 cm³/mol. The van der Waals surface area contributed by atoms with Gasteiger partial charge in [-0.1, -0.05) is 71.8 Å². The van der Waals surface area contributed by atoms with Crippen LogP contribution >= 0.6 is 0 Å². The molecule has 1 aromatic heterocycles. The van der Waals surface area contributed by atoms with Crippen LogP contribution in [-0.4, -0.2) is 43.1 Å². The molecule has 5 aromatic rings. The first-order chi connectivity index (χ1) is 21.2. The van der Waals surface area contributed by atoms with Gasteiger partial charge in [0.05, 0.1) is 27.6 Å². The van der Waals surface area contributed by atoms with Gasteiger partial charge in [-0.15, -0.1) is 0 Å². The number of nitrogens with zero attached hydrogens (tertiary/aromatic N) is 1. The van der Waals surface area contributed by atoms with Crippen molar-refractivity contribution in [2.24, 2.45) is 0 Å². The molecule has 0 unspecified atom stereocenters. The molecular formula is C35H31NO7S. The fraction of sp³-hybridized carbons (Fsp3) is 0.200. The highest BCUT2D eigenvalue weighted by atomic mass is 32.2. The van der Waals surface area contributed by atoms with Crippen LogP contribution in [0.5, 0.6) is 0 Å². The van der Waals surface area contributed by atoms with Crippen LogP contribution in [0.4, 0.5) is 0 Å². The molecule has 8 nitrogen and oxygen atoms in total. The van der Waals surface area contributed by atoms with Gasteiger partial charge in [0.15, 0.2) is 0 Å². The molecule has 2 heterocycles. The Morgan fingerprint density at radius 2 is 1.39 bits per heavy atom. The summed E-state index contributed by atoms with van der Waals surface area (Å²) in [6.45, 7) is 3.70. The Balaban J connectivity index is 1.31. The van der Waals surface area contributed by atoms with Crippen LogP contribution in [0.3, 0.4) is 0 Å². The molecule has 9 heteroatoms. The maximum absolute atomic E-state index is 13.7. The van der Waals surface area contributed by atoms with E-state index in [1.165, 1.54) is 3.97 Å². The molecule has 0 spiro atoms. The van der Waals surface area contributed by atoms with Crippen molar-refractivity contribution in [3.63, 3.8) is 0 Å². The van der Waals surface area contributed by atoms with E-state index >= 15 is 0 Å². The maximum atomic E-state index is 13.7. The minimum absolute atomic E-state index is 0.157. The quantitative estimate of drug-likeness (QED) is 0.188. The Labute approximate surface area is 255 Å². The molecule has 0 amide bonds. The number of esters is 2. The van der Waals surface area contributed by atoms with Crippen molar-refractivity contribution in [2.75, 3.05) is 6.61 Å². The molecule has 0 aliphatic carbocycles. The molecule has 44 heavy (non-hydrogen) atoms. The number of benzene rings is 4. The number of carbonyl (C=O) groups excluding carboxylic acids is 2. The molecule has 0 radical (unpaired) electrons. The summed E-state index contributed by atoms with van der Waals surface area (Å²) >= 11 is 0. The molecule has 0 bridgehead atoms. The third-order valence-electron chi connectivity index (χ3n) is 7.77. The molecule has 6 rings (SSSR count). The van der Waals surface area contributed by atoms with Crippen LogP contribution in [0, 0.1) is 13.8 Å². The molecule has 4 aromatic carbocycles. The van der Waals surface area contributed by atoms with Crippen molar-refractivity contribution >= 4 is 32.9 Å². The number of rotatable bonds is 8. The Bertz CT molecular complexity index is 1910. The lowest BCUT2D eigenvalue weighted by molar-refractivity contribution is -0.0425. The van der Waals surface area contributed by atoms with Crippen LogP contribution in [-0.2, 0) is 24.2 Å². The topological polar surface area (TPSA) is 101 Å². The van der Waals surface area contributed by atoms with Gasteiger partial charge in [0, 0.05) is 23.6 Å². The molecule has 1 saturated heterocycles. The van der Waals surface area contributed by atoms with Crippen molar-refractivity contribution in [3.05, 3.63) is 137 Å². The highest BCUT2D eigenvalue weighted by molar-refractivity contribution is 7.90. The summed E-state index contributed by atoms with van der Waals surface area (Å²) in [5.74, 6) is -1.05. The van der Waals surface area contributed by atoms with E-state index in [9.17, 15) is 18.0 Å². The van der Waals surface area contributed by atoms with Gasteiger partial charge in [0.25, 0.3) is 10.0 Å². The Morgan fingerprint density at radius 1 is 0.795 bits per heavy atom. The van der Waals surface area contributed by atoms with Crippen LogP contribution in [0.1, 0.15) is 49.9 Å². The molecule has 0 N–H and O–H groups in total. The Morgan fingerprint density at radius 3 is 2.05 bits per heavy atom. The number of carbonyl (C=O) groups is 2. The van der Waals surface area contributed by atoms with Gasteiger partial charge >= 0.3 is 11.9 Å². The van der Waals surface area contributed by atoms with Crippen molar-refractivity contribution in [1.82, 2.24) is 3.97 Å². The number of aromatic nitrogens is 1.